The fraction of sp³-hybridized carbons (Fsp3) is 0.211. The van der Waals surface area contributed by atoms with Crippen molar-refractivity contribution in [1.29, 1.82) is 0 Å². The maximum absolute atomic E-state index is 12.0. The number of carbonyl (C=O) groups is 1. The molecule has 0 fully saturated rings. The third kappa shape index (κ3) is 4.87. The summed E-state index contributed by atoms with van der Waals surface area (Å²) in [6, 6.07) is 11.8. The van der Waals surface area contributed by atoms with Gasteiger partial charge in [0.1, 0.15) is 13.2 Å². The van der Waals surface area contributed by atoms with E-state index in [9.17, 15) is 13.2 Å². The van der Waals surface area contributed by atoms with Crippen molar-refractivity contribution >= 4 is 22.0 Å². The van der Waals surface area contributed by atoms with Crippen LogP contribution in [0.3, 0.4) is 0 Å². The van der Waals surface area contributed by atoms with E-state index in [0.717, 1.165) is 11.1 Å². The molecule has 27 heavy (non-hydrogen) atoms. The molecule has 8 heteroatoms. The van der Waals surface area contributed by atoms with E-state index in [1.54, 1.807) is 18.2 Å². The molecule has 0 spiro atoms. The molecule has 2 N–H and O–H groups in total. The smallest absolute Gasteiger partial charge is 0.244 e. The summed E-state index contributed by atoms with van der Waals surface area (Å²) >= 11 is 0. The Morgan fingerprint density at radius 3 is 2.48 bits per heavy atom. The minimum Gasteiger partial charge on any atom is -0.486 e. The van der Waals surface area contributed by atoms with E-state index in [1.807, 2.05) is 18.2 Å². The second-order valence-electron chi connectivity index (χ2n) is 5.81. The molecule has 1 aliphatic heterocycles. The summed E-state index contributed by atoms with van der Waals surface area (Å²) in [5, 5.41) is 2.79. The molecular weight excluding hydrogens is 368 g/mol. The molecule has 7 nitrogen and oxygen atoms in total. The summed E-state index contributed by atoms with van der Waals surface area (Å²) < 4.78 is 36.6. The molecule has 3 rings (SSSR count). The van der Waals surface area contributed by atoms with Gasteiger partial charge in [0.15, 0.2) is 11.5 Å². The normalized spacial score (nSPS) is 13.5. The molecule has 1 amide bonds. The van der Waals surface area contributed by atoms with Gasteiger partial charge in [-0.3, -0.25) is 4.79 Å². The zero-order chi connectivity index (χ0) is 19.3. The molecular formula is C19H20N2O5S. The van der Waals surface area contributed by atoms with E-state index >= 15 is 0 Å². The molecule has 0 unspecified atom stereocenters. The number of nitrogens with one attached hydrogen (secondary N) is 2. The predicted octanol–water partition coefficient (Wildman–Crippen LogP) is 1.70. The van der Waals surface area contributed by atoms with E-state index < -0.39 is 10.0 Å². The highest BCUT2D eigenvalue weighted by Crippen LogP contribution is 2.30. The number of hydrogen-bond donors (Lipinski definition) is 2. The van der Waals surface area contributed by atoms with Gasteiger partial charge in [0.2, 0.25) is 15.9 Å². The number of sulfonamides is 1. The quantitative estimate of drug-likeness (QED) is 0.735. The van der Waals surface area contributed by atoms with Gasteiger partial charge in [-0.2, -0.15) is 0 Å². The molecule has 1 aliphatic rings. The Morgan fingerprint density at radius 2 is 1.78 bits per heavy atom. The predicted molar refractivity (Wildman–Crippen MR) is 101 cm³/mol. The van der Waals surface area contributed by atoms with Crippen LogP contribution in [0.25, 0.3) is 6.08 Å². The molecule has 2 aromatic carbocycles. The van der Waals surface area contributed by atoms with Crippen LogP contribution < -0.4 is 19.5 Å². The number of rotatable bonds is 6. The van der Waals surface area contributed by atoms with Gasteiger partial charge in [0.25, 0.3) is 0 Å². The minimum absolute atomic E-state index is 0.171. The van der Waals surface area contributed by atoms with Crippen LogP contribution in [0, 0.1) is 0 Å². The average Bonchev–Trinajstić information content (AvgIpc) is 2.71. The summed E-state index contributed by atoms with van der Waals surface area (Å²) in [7, 11) is -2.11. The zero-order valence-electron chi connectivity index (χ0n) is 14.8. The molecule has 1 heterocycles. The van der Waals surface area contributed by atoms with Crippen molar-refractivity contribution < 1.29 is 22.7 Å². The third-order valence-corrected chi connectivity index (χ3v) is 5.39. The zero-order valence-corrected chi connectivity index (χ0v) is 15.6. The first kappa shape index (κ1) is 18.9. The fourth-order valence-corrected chi connectivity index (χ4v) is 3.22. The van der Waals surface area contributed by atoms with Crippen LogP contribution in [-0.4, -0.2) is 34.6 Å². The van der Waals surface area contributed by atoms with Crippen LogP contribution in [0.15, 0.2) is 53.4 Å². The molecule has 0 atom stereocenters. The molecule has 0 radical (unpaired) electrons. The monoisotopic (exact) mass is 388 g/mol. The largest absolute Gasteiger partial charge is 0.486 e. The maximum Gasteiger partial charge on any atom is 0.244 e. The highest BCUT2D eigenvalue weighted by molar-refractivity contribution is 7.89. The number of hydrogen-bond acceptors (Lipinski definition) is 5. The van der Waals surface area contributed by atoms with Crippen molar-refractivity contribution in [3.8, 4) is 11.5 Å². The lowest BCUT2D eigenvalue weighted by Crippen LogP contribution is -2.21. The van der Waals surface area contributed by atoms with E-state index in [0.29, 0.717) is 31.3 Å². The lowest BCUT2D eigenvalue weighted by molar-refractivity contribution is -0.116. The Balaban J connectivity index is 1.56. The summed E-state index contributed by atoms with van der Waals surface area (Å²) in [5.41, 5.74) is 1.63. The van der Waals surface area contributed by atoms with Gasteiger partial charge in [-0.1, -0.05) is 18.2 Å². The van der Waals surface area contributed by atoms with E-state index in [4.69, 9.17) is 9.47 Å². The average molecular weight is 388 g/mol. The number of amides is 1. The van der Waals surface area contributed by atoms with E-state index in [2.05, 4.69) is 10.0 Å². The summed E-state index contributed by atoms with van der Waals surface area (Å²) in [6.07, 6.45) is 3.02. The third-order valence-electron chi connectivity index (χ3n) is 3.96. The number of benzene rings is 2. The van der Waals surface area contributed by atoms with E-state index in [1.165, 1.54) is 25.3 Å². The van der Waals surface area contributed by atoms with Crippen molar-refractivity contribution in [1.82, 2.24) is 10.0 Å². The Hall–Kier alpha value is -2.84. The molecule has 0 bridgehead atoms. The summed E-state index contributed by atoms with van der Waals surface area (Å²) in [5.74, 6) is 1.14. The second kappa shape index (κ2) is 8.24. The van der Waals surface area contributed by atoms with Gasteiger partial charge in [0.05, 0.1) is 4.90 Å². The molecule has 2 aromatic rings. The number of carbonyl (C=O) groups excluding carboxylic acids is 1. The van der Waals surface area contributed by atoms with Gasteiger partial charge >= 0.3 is 0 Å². The highest BCUT2D eigenvalue weighted by atomic mass is 32.2. The molecule has 0 aromatic heterocycles. The first-order valence-corrected chi connectivity index (χ1v) is 9.84. The number of fused-ring (bicyclic) bond motifs is 1. The van der Waals surface area contributed by atoms with Crippen LogP contribution in [0.2, 0.25) is 0 Å². The van der Waals surface area contributed by atoms with Crippen molar-refractivity contribution in [2.75, 3.05) is 20.3 Å². The van der Waals surface area contributed by atoms with Crippen LogP contribution in [0.1, 0.15) is 11.1 Å². The Morgan fingerprint density at radius 1 is 1.07 bits per heavy atom. The van der Waals surface area contributed by atoms with Crippen molar-refractivity contribution in [2.45, 2.75) is 11.4 Å². The molecule has 0 saturated carbocycles. The SMILES string of the molecule is CNS(=O)(=O)c1ccc(/C=C/C(=O)NCc2ccc3c(c2)OCCO3)cc1. The van der Waals surface area contributed by atoms with Crippen LogP contribution >= 0.6 is 0 Å². The van der Waals surface area contributed by atoms with Gasteiger partial charge in [-0.15, -0.1) is 0 Å². The summed E-state index contributed by atoms with van der Waals surface area (Å²) in [4.78, 5) is 12.2. The lowest BCUT2D eigenvalue weighted by atomic mass is 10.2. The highest BCUT2D eigenvalue weighted by Gasteiger charge is 2.12. The Kier molecular flexibility index (Phi) is 5.78. The van der Waals surface area contributed by atoms with Crippen molar-refractivity contribution in [3.05, 3.63) is 59.7 Å². The van der Waals surface area contributed by atoms with Gasteiger partial charge in [0, 0.05) is 12.6 Å². The van der Waals surface area contributed by atoms with Crippen molar-refractivity contribution in [3.63, 3.8) is 0 Å². The van der Waals surface area contributed by atoms with Crippen LogP contribution in [0.4, 0.5) is 0 Å². The van der Waals surface area contributed by atoms with Crippen LogP contribution in [0.5, 0.6) is 11.5 Å². The Bertz CT molecular complexity index is 953. The standard InChI is InChI=1S/C19H20N2O5S/c1-20-27(23,24)16-6-2-14(3-7-16)5-9-19(22)21-13-15-4-8-17-18(12-15)26-11-10-25-17/h2-9,12,20H,10-11,13H2,1H3,(H,21,22)/b9-5+. The first-order chi connectivity index (χ1) is 13.0. The second-order valence-corrected chi connectivity index (χ2v) is 7.69. The van der Waals surface area contributed by atoms with Gasteiger partial charge < -0.3 is 14.8 Å². The fourth-order valence-electron chi connectivity index (χ4n) is 2.49. The summed E-state index contributed by atoms with van der Waals surface area (Å²) in [6.45, 7) is 1.41. The maximum atomic E-state index is 12.0. The lowest BCUT2D eigenvalue weighted by Gasteiger charge is -2.18. The van der Waals surface area contributed by atoms with E-state index in [-0.39, 0.29) is 10.8 Å². The Labute approximate surface area is 158 Å². The number of ether oxygens (including phenoxy) is 2. The minimum atomic E-state index is -3.46. The molecule has 0 aliphatic carbocycles. The molecule has 142 valence electrons. The van der Waals surface area contributed by atoms with Gasteiger partial charge in [-0.05, 0) is 48.5 Å². The topological polar surface area (TPSA) is 93.7 Å². The first-order valence-electron chi connectivity index (χ1n) is 8.36. The van der Waals surface area contributed by atoms with Crippen molar-refractivity contribution in [2.24, 2.45) is 0 Å². The molecule has 0 saturated heterocycles. The van der Waals surface area contributed by atoms with Crippen LogP contribution in [-0.2, 0) is 21.4 Å². The van der Waals surface area contributed by atoms with Gasteiger partial charge in [-0.25, -0.2) is 13.1 Å².